The Balaban J connectivity index is 2.31. The van der Waals surface area contributed by atoms with Gasteiger partial charge in [0.1, 0.15) is 5.75 Å². The Morgan fingerprint density at radius 3 is 2.80 bits per heavy atom. The van der Waals surface area contributed by atoms with Crippen LogP contribution in [0.1, 0.15) is 19.4 Å². The molecule has 20 heavy (non-hydrogen) atoms. The van der Waals surface area contributed by atoms with Gasteiger partial charge in [-0.15, -0.1) is 0 Å². The lowest BCUT2D eigenvalue weighted by Crippen LogP contribution is -2.52. The van der Waals surface area contributed by atoms with E-state index in [1.807, 2.05) is 20.8 Å². The van der Waals surface area contributed by atoms with Gasteiger partial charge in [-0.2, -0.15) is 4.31 Å². The van der Waals surface area contributed by atoms with Crippen molar-refractivity contribution in [2.75, 3.05) is 26.2 Å². The van der Waals surface area contributed by atoms with Crippen LogP contribution in [0.4, 0.5) is 0 Å². The maximum atomic E-state index is 12.7. The van der Waals surface area contributed by atoms with Crippen LogP contribution < -0.4 is 10.1 Å². The Morgan fingerprint density at radius 2 is 2.20 bits per heavy atom. The van der Waals surface area contributed by atoms with Gasteiger partial charge in [-0.3, -0.25) is 0 Å². The minimum atomic E-state index is -3.43. The maximum Gasteiger partial charge on any atom is 0.243 e. The summed E-state index contributed by atoms with van der Waals surface area (Å²) in [6.45, 7) is 8.16. The fourth-order valence-electron chi connectivity index (χ4n) is 2.41. The molecule has 2 rings (SSSR count). The van der Waals surface area contributed by atoms with Crippen molar-refractivity contribution in [1.29, 1.82) is 0 Å². The van der Waals surface area contributed by atoms with E-state index in [0.717, 1.165) is 11.3 Å². The van der Waals surface area contributed by atoms with Gasteiger partial charge in [-0.1, -0.05) is 0 Å². The lowest BCUT2D eigenvalue weighted by Gasteiger charge is -2.32. The van der Waals surface area contributed by atoms with Crippen molar-refractivity contribution in [3.05, 3.63) is 23.8 Å². The molecule has 1 saturated heterocycles. The van der Waals surface area contributed by atoms with Crippen LogP contribution in [0, 0.1) is 6.92 Å². The first-order chi connectivity index (χ1) is 9.46. The molecule has 1 fully saturated rings. The van der Waals surface area contributed by atoms with Crippen LogP contribution in [0.5, 0.6) is 5.75 Å². The van der Waals surface area contributed by atoms with Crippen LogP contribution in [-0.2, 0) is 10.0 Å². The molecule has 5 nitrogen and oxygen atoms in total. The van der Waals surface area contributed by atoms with Crippen molar-refractivity contribution in [3.63, 3.8) is 0 Å². The number of nitrogens with zero attached hydrogens (tertiary/aromatic N) is 1. The number of aryl methyl sites for hydroxylation is 1. The van der Waals surface area contributed by atoms with Gasteiger partial charge in [0.05, 0.1) is 11.5 Å². The zero-order valence-electron chi connectivity index (χ0n) is 12.2. The van der Waals surface area contributed by atoms with Gasteiger partial charge in [0.25, 0.3) is 0 Å². The van der Waals surface area contributed by atoms with Crippen molar-refractivity contribution in [1.82, 2.24) is 9.62 Å². The van der Waals surface area contributed by atoms with Crippen molar-refractivity contribution in [2.24, 2.45) is 0 Å². The van der Waals surface area contributed by atoms with E-state index in [0.29, 0.717) is 31.1 Å². The van der Waals surface area contributed by atoms with E-state index < -0.39 is 10.0 Å². The topological polar surface area (TPSA) is 58.6 Å². The second-order valence-electron chi connectivity index (χ2n) is 5.03. The first-order valence-corrected chi connectivity index (χ1v) is 8.37. The Kier molecular flexibility index (Phi) is 4.67. The summed E-state index contributed by atoms with van der Waals surface area (Å²) in [5, 5.41) is 3.20. The summed E-state index contributed by atoms with van der Waals surface area (Å²) in [5.41, 5.74) is 0.843. The third-order valence-corrected chi connectivity index (χ3v) is 5.50. The second-order valence-corrected chi connectivity index (χ2v) is 6.92. The fraction of sp³-hybridized carbons (Fsp3) is 0.571. The number of benzene rings is 1. The molecule has 1 N–H and O–H groups in total. The van der Waals surface area contributed by atoms with E-state index in [9.17, 15) is 8.42 Å². The predicted octanol–water partition coefficient (Wildman–Crippen LogP) is 1.38. The van der Waals surface area contributed by atoms with Gasteiger partial charge in [0.15, 0.2) is 0 Å². The van der Waals surface area contributed by atoms with E-state index >= 15 is 0 Å². The highest BCUT2D eigenvalue weighted by Gasteiger charge is 2.31. The monoisotopic (exact) mass is 298 g/mol. The standard InChI is InChI=1S/C14H22N2O3S/c1-4-19-14-6-5-13(9-11(14)2)20(17,18)16-8-7-15-10-12(16)3/h5-6,9,12,15H,4,7-8,10H2,1-3H3/t12-/m1/s1. The molecule has 0 radical (unpaired) electrons. The minimum absolute atomic E-state index is 0.0272. The number of hydrogen-bond donors (Lipinski definition) is 1. The molecule has 1 heterocycles. The third kappa shape index (κ3) is 2.97. The van der Waals surface area contributed by atoms with Crippen molar-refractivity contribution in [3.8, 4) is 5.75 Å². The molecular weight excluding hydrogens is 276 g/mol. The molecule has 1 aliphatic heterocycles. The molecule has 0 aliphatic carbocycles. The molecule has 1 atom stereocenters. The maximum absolute atomic E-state index is 12.7. The summed E-state index contributed by atoms with van der Waals surface area (Å²) in [7, 11) is -3.43. The van der Waals surface area contributed by atoms with Gasteiger partial charge in [-0.25, -0.2) is 8.42 Å². The van der Waals surface area contributed by atoms with Crippen LogP contribution in [-0.4, -0.2) is 45.0 Å². The Labute approximate surface area is 121 Å². The quantitative estimate of drug-likeness (QED) is 0.912. The number of ether oxygens (including phenoxy) is 1. The molecule has 1 aliphatic rings. The minimum Gasteiger partial charge on any atom is -0.494 e. The fourth-order valence-corrected chi connectivity index (χ4v) is 4.13. The van der Waals surface area contributed by atoms with Gasteiger partial charge < -0.3 is 10.1 Å². The van der Waals surface area contributed by atoms with Crippen molar-refractivity contribution in [2.45, 2.75) is 31.7 Å². The normalized spacial score (nSPS) is 20.9. The van der Waals surface area contributed by atoms with E-state index in [1.54, 1.807) is 22.5 Å². The SMILES string of the molecule is CCOc1ccc(S(=O)(=O)N2CCNC[C@H]2C)cc1C. The van der Waals surface area contributed by atoms with E-state index in [1.165, 1.54) is 0 Å². The summed E-state index contributed by atoms with van der Waals surface area (Å²) in [6, 6.07) is 5.02. The van der Waals surface area contributed by atoms with E-state index in [2.05, 4.69) is 5.32 Å². The van der Waals surface area contributed by atoms with Gasteiger partial charge in [0.2, 0.25) is 10.0 Å². The average molecular weight is 298 g/mol. The van der Waals surface area contributed by atoms with Crippen LogP contribution in [0.3, 0.4) is 0 Å². The smallest absolute Gasteiger partial charge is 0.243 e. The Bertz CT molecular complexity index is 572. The molecule has 0 saturated carbocycles. The number of sulfonamides is 1. The largest absolute Gasteiger partial charge is 0.494 e. The molecule has 0 amide bonds. The third-order valence-electron chi connectivity index (χ3n) is 3.49. The van der Waals surface area contributed by atoms with E-state index in [-0.39, 0.29) is 6.04 Å². The number of nitrogens with one attached hydrogen (secondary N) is 1. The highest BCUT2D eigenvalue weighted by Crippen LogP contribution is 2.25. The summed E-state index contributed by atoms with van der Waals surface area (Å²) < 4.78 is 32.4. The second kappa shape index (κ2) is 6.11. The zero-order valence-corrected chi connectivity index (χ0v) is 13.0. The first-order valence-electron chi connectivity index (χ1n) is 6.93. The molecule has 0 aromatic heterocycles. The average Bonchev–Trinajstić information content (AvgIpc) is 2.41. The first kappa shape index (κ1) is 15.3. The highest BCUT2D eigenvalue weighted by molar-refractivity contribution is 7.89. The molecular formula is C14H22N2O3S. The van der Waals surface area contributed by atoms with Crippen molar-refractivity contribution >= 4 is 10.0 Å². The molecule has 0 bridgehead atoms. The van der Waals surface area contributed by atoms with E-state index in [4.69, 9.17) is 4.74 Å². The molecule has 0 spiro atoms. The lowest BCUT2D eigenvalue weighted by molar-refractivity contribution is 0.284. The van der Waals surface area contributed by atoms with Gasteiger partial charge in [-0.05, 0) is 44.5 Å². The predicted molar refractivity (Wildman–Crippen MR) is 78.6 cm³/mol. The van der Waals surface area contributed by atoms with Crippen molar-refractivity contribution < 1.29 is 13.2 Å². The Hall–Kier alpha value is -1.11. The number of rotatable bonds is 4. The van der Waals surface area contributed by atoms with Crippen LogP contribution in [0.2, 0.25) is 0 Å². The lowest BCUT2D eigenvalue weighted by atomic mass is 10.2. The summed E-state index contributed by atoms with van der Waals surface area (Å²) in [4.78, 5) is 0.340. The van der Waals surface area contributed by atoms with Crippen LogP contribution in [0.15, 0.2) is 23.1 Å². The molecule has 1 aromatic rings. The highest BCUT2D eigenvalue weighted by atomic mass is 32.2. The van der Waals surface area contributed by atoms with Crippen LogP contribution >= 0.6 is 0 Å². The molecule has 0 unspecified atom stereocenters. The summed E-state index contributed by atoms with van der Waals surface area (Å²) in [6.07, 6.45) is 0. The Morgan fingerprint density at radius 1 is 1.45 bits per heavy atom. The van der Waals surface area contributed by atoms with Gasteiger partial charge in [0, 0.05) is 25.7 Å². The van der Waals surface area contributed by atoms with Gasteiger partial charge >= 0.3 is 0 Å². The molecule has 1 aromatic carbocycles. The summed E-state index contributed by atoms with van der Waals surface area (Å²) >= 11 is 0. The van der Waals surface area contributed by atoms with Crippen LogP contribution in [0.25, 0.3) is 0 Å². The molecule has 6 heteroatoms. The summed E-state index contributed by atoms with van der Waals surface area (Å²) in [5.74, 6) is 0.736. The number of piperazine rings is 1. The zero-order chi connectivity index (χ0) is 14.8. The molecule has 112 valence electrons. The number of hydrogen-bond acceptors (Lipinski definition) is 4.